The largest absolute Gasteiger partial charge is 0.465 e. The molecule has 0 radical (unpaired) electrons. The highest BCUT2D eigenvalue weighted by Crippen LogP contribution is 2.26. The molecule has 126 valence electrons. The van der Waals surface area contributed by atoms with E-state index in [1.165, 1.54) is 36.7 Å². The number of thiazole rings is 1. The smallest absolute Gasteiger partial charge is 0.269 e. The molecule has 2 heterocycles. The number of halogens is 1. The molecular weight excluding hydrogens is 366 g/mol. The topological polar surface area (TPSA) is 98.3 Å². The van der Waals surface area contributed by atoms with Crippen molar-refractivity contribution in [3.63, 3.8) is 0 Å². The van der Waals surface area contributed by atoms with Crippen LogP contribution in [0.25, 0.3) is 11.6 Å². The lowest BCUT2D eigenvalue weighted by Crippen LogP contribution is -2.13. The molecule has 25 heavy (non-hydrogen) atoms. The Kier molecular flexibility index (Phi) is 4.92. The maximum Gasteiger partial charge on any atom is 0.269 e. The average Bonchev–Trinajstić information content (AvgIpc) is 3.24. The van der Waals surface area contributed by atoms with E-state index < -0.39 is 10.8 Å². The number of carbonyl (C=O) groups is 1. The van der Waals surface area contributed by atoms with Gasteiger partial charge in [-0.25, -0.2) is 4.98 Å². The number of amides is 1. The summed E-state index contributed by atoms with van der Waals surface area (Å²) in [4.78, 5) is 26.9. The summed E-state index contributed by atoms with van der Waals surface area (Å²) in [7, 11) is 0. The lowest BCUT2D eigenvalue weighted by atomic mass is 10.0. The van der Waals surface area contributed by atoms with Gasteiger partial charge in [0, 0.05) is 12.1 Å². The summed E-state index contributed by atoms with van der Waals surface area (Å²) in [6.07, 6.45) is 4.47. The third-order valence-electron chi connectivity index (χ3n) is 3.16. The Balaban J connectivity index is 1.94. The molecule has 0 saturated heterocycles. The monoisotopic (exact) mass is 375 g/mol. The van der Waals surface area contributed by atoms with Crippen LogP contribution in [0.5, 0.6) is 0 Å². The summed E-state index contributed by atoms with van der Waals surface area (Å²) < 4.78 is 5.70. The predicted molar refractivity (Wildman–Crippen MR) is 95.4 cm³/mol. The van der Waals surface area contributed by atoms with Crippen molar-refractivity contribution in [1.29, 1.82) is 0 Å². The van der Waals surface area contributed by atoms with Crippen LogP contribution < -0.4 is 5.32 Å². The maximum absolute atomic E-state index is 12.6. The highest BCUT2D eigenvalue weighted by atomic mass is 35.5. The van der Waals surface area contributed by atoms with Crippen molar-refractivity contribution >= 4 is 51.3 Å². The first kappa shape index (κ1) is 16.9. The lowest BCUT2D eigenvalue weighted by Gasteiger charge is -2.07. The first-order valence-electron chi connectivity index (χ1n) is 6.95. The second-order valence-electron chi connectivity index (χ2n) is 4.80. The van der Waals surface area contributed by atoms with Crippen molar-refractivity contribution < 1.29 is 14.1 Å². The fourth-order valence-electron chi connectivity index (χ4n) is 2.04. The van der Waals surface area contributed by atoms with Crippen molar-refractivity contribution in [2.45, 2.75) is 0 Å². The number of furan rings is 1. The van der Waals surface area contributed by atoms with Gasteiger partial charge < -0.3 is 4.42 Å². The lowest BCUT2D eigenvalue weighted by molar-refractivity contribution is -0.384. The molecule has 3 rings (SSSR count). The number of anilines is 1. The molecule has 3 aromatic rings. The number of nitrogens with one attached hydrogen (secondary N) is 1. The number of hydrogen-bond donors (Lipinski definition) is 1. The Morgan fingerprint density at radius 3 is 2.64 bits per heavy atom. The predicted octanol–water partition coefficient (Wildman–Crippen LogP) is 4.48. The van der Waals surface area contributed by atoms with Gasteiger partial charge >= 0.3 is 0 Å². The second kappa shape index (κ2) is 7.29. The van der Waals surface area contributed by atoms with E-state index in [9.17, 15) is 14.9 Å². The Hall–Kier alpha value is -2.97. The van der Waals surface area contributed by atoms with Gasteiger partial charge in [0.25, 0.3) is 11.6 Å². The standard InChI is InChI=1S/C16H10ClN3O4S/c17-14-9-18-16(25-14)19-15(21)13(8-12-2-1-7-24-12)10-3-5-11(6-4-10)20(22)23/h1-9H,(H,18,19,21)/b13-8+. The van der Waals surface area contributed by atoms with Gasteiger partial charge in [0.1, 0.15) is 10.1 Å². The van der Waals surface area contributed by atoms with E-state index >= 15 is 0 Å². The zero-order valence-corrected chi connectivity index (χ0v) is 14.1. The Morgan fingerprint density at radius 1 is 1.32 bits per heavy atom. The van der Waals surface area contributed by atoms with Crippen molar-refractivity contribution in [2.24, 2.45) is 0 Å². The maximum atomic E-state index is 12.6. The molecule has 0 unspecified atom stereocenters. The number of nitro benzene ring substituents is 1. The first-order chi connectivity index (χ1) is 12.0. The molecule has 0 spiro atoms. The van der Waals surface area contributed by atoms with E-state index in [0.29, 0.717) is 20.8 Å². The van der Waals surface area contributed by atoms with Crippen LogP contribution in [0, 0.1) is 10.1 Å². The zero-order valence-electron chi connectivity index (χ0n) is 12.5. The number of rotatable bonds is 5. The van der Waals surface area contributed by atoms with Crippen molar-refractivity contribution in [3.8, 4) is 0 Å². The summed E-state index contributed by atoms with van der Waals surface area (Å²) in [5.74, 6) is 0.0388. The van der Waals surface area contributed by atoms with E-state index in [0.717, 1.165) is 11.3 Å². The Morgan fingerprint density at radius 2 is 2.08 bits per heavy atom. The highest BCUT2D eigenvalue weighted by molar-refractivity contribution is 7.19. The number of carbonyl (C=O) groups excluding carboxylic acids is 1. The molecule has 0 bridgehead atoms. The molecule has 0 atom stereocenters. The summed E-state index contributed by atoms with van der Waals surface area (Å²) >= 11 is 6.94. The van der Waals surface area contributed by atoms with E-state index in [2.05, 4.69) is 10.3 Å². The first-order valence-corrected chi connectivity index (χ1v) is 8.15. The number of aromatic nitrogens is 1. The second-order valence-corrected chi connectivity index (χ2v) is 6.46. The molecule has 7 nitrogen and oxygen atoms in total. The van der Waals surface area contributed by atoms with Gasteiger partial charge in [-0.2, -0.15) is 0 Å². The molecule has 9 heteroatoms. The number of nitrogens with zero attached hydrogens (tertiary/aromatic N) is 2. The Labute approximate surface area is 150 Å². The van der Waals surface area contributed by atoms with E-state index in [4.69, 9.17) is 16.0 Å². The molecule has 1 N–H and O–H groups in total. The van der Waals surface area contributed by atoms with Crippen LogP contribution in [0.15, 0.2) is 53.3 Å². The number of nitro groups is 1. The highest BCUT2D eigenvalue weighted by Gasteiger charge is 2.16. The molecule has 0 aliphatic rings. The van der Waals surface area contributed by atoms with Crippen molar-refractivity contribution in [3.05, 3.63) is 74.6 Å². The molecular formula is C16H10ClN3O4S. The van der Waals surface area contributed by atoms with Crippen LogP contribution in [0.4, 0.5) is 10.8 Å². The van der Waals surface area contributed by atoms with Crippen LogP contribution in [0.2, 0.25) is 4.34 Å². The third-order valence-corrected chi connectivity index (χ3v) is 4.19. The SMILES string of the molecule is O=C(Nc1ncc(Cl)s1)/C(=C/c1ccco1)c1ccc([N+](=O)[O-])cc1. The molecule has 0 aliphatic carbocycles. The number of benzene rings is 1. The van der Waals surface area contributed by atoms with Gasteiger partial charge in [0.15, 0.2) is 5.13 Å². The molecule has 0 aliphatic heterocycles. The summed E-state index contributed by atoms with van der Waals surface area (Å²) in [6.45, 7) is 0. The van der Waals surface area contributed by atoms with Crippen molar-refractivity contribution in [1.82, 2.24) is 4.98 Å². The normalized spacial score (nSPS) is 11.3. The summed E-state index contributed by atoms with van der Waals surface area (Å²) in [5.41, 5.74) is 0.714. The molecule has 0 fully saturated rings. The van der Waals surface area contributed by atoms with E-state index in [1.807, 2.05) is 0 Å². The molecule has 0 saturated carbocycles. The van der Waals surface area contributed by atoms with Crippen LogP contribution in [-0.2, 0) is 4.79 Å². The van der Waals surface area contributed by atoms with Gasteiger partial charge in [-0.05, 0) is 35.9 Å². The summed E-state index contributed by atoms with van der Waals surface area (Å²) in [5, 5.41) is 13.8. The van der Waals surface area contributed by atoms with E-state index in [-0.39, 0.29) is 11.3 Å². The fraction of sp³-hybridized carbons (Fsp3) is 0. The molecule has 1 aromatic carbocycles. The Bertz CT molecular complexity index is 933. The third kappa shape index (κ3) is 4.11. The van der Waals surface area contributed by atoms with Crippen LogP contribution >= 0.6 is 22.9 Å². The minimum absolute atomic E-state index is 0.0618. The van der Waals surface area contributed by atoms with Crippen LogP contribution in [-0.4, -0.2) is 15.8 Å². The zero-order chi connectivity index (χ0) is 17.8. The quantitative estimate of drug-likeness (QED) is 0.403. The molecule has 1 amide bonds. The van der Waals surface area contributed by atoms with Gasteiger partial charge in [-0.15, -0.1) is 0 Å². The van der Waals surface area contributed by atoms with Crippen LogP contribution in [0.1, 0.15) is 11.3 Å². The van der Waals surface area contributed by atoms with Gasteiger partial charge in [0.2, 0.25) is 0 Å². The van der Waals surface area contributed by atoms with Gasteiger partial charge in [0.05, 0.1) is 23.0 Å². The average molecular weight is 376 g/mol. The minimum Gasteiger partial charge on any atom is -0.465 e. The molecule has 2 aromatic heterocycles. The van der Waals surface area contributed by atoms with Gasteiger partial charge in [-0.1, -0.05) is 22.9 Å². The minimum atomic E-state index is -0.503. The van der Waals surface area contributed by atoms with Crippen molar-refractivity contribution in [2.75, 3.05) is 5.32 Å². The number of non-ortho nitro benzene ring substituents is 1. The van der Waals surface area contributed by atoms with Crippen LogP contribution in [0.3, 0.4) is 0 Å². The summed E-state index contributed by atoms with van der Waals surface area (Å²) in [6, 6.07) is 9.05. The number of hydrogen-bond acceptors (Lipinski definition) is 6. The van der Waals surface area contributed by atoms with E-state index in [1.54, 1.807) is 18.2 Å². The van der Waals surface area contributed by atoms with Gasteiger partial charge in [-0.3, -0.25) is 20.2 Å². The fourth-order valence-corrected chi connectivity index (χ4v) is 2.84.